The third kappa shape index (κ3) is 8.49. The van der Waals surface area contributed by atoms with E-state index in [-0.39, 0.29) is 35.7 Å². The maximum atomic E-state index is 13.7. The molecular formula is C43H57N7O5. The molecule has 1 fully saturated rings. The number of nitrogens with one attached hydrogen (secondary N) is 3. The Kier molecular flexibility index (Phi) is 12.1. The smallest absolute Gasteiger partial charge is 0.407 e. The van der Waals surface area contributed by atoms with Crippen LogP contribution in [0.4, 0.5) is 4.79 Å². The molecule has 4 heterocycles. The second-order valence-electron chi connectivity index (χ2n) is 16.1. The van der Waals surface area contributed by atoms with Crippen molar-refractivity contribution in [1.29, 1.82) is 0 Å². The molecule has 0 radical (unpaired) electrons. The lowest BCUT2D eigenvalue weighted by molar-refractivity contribution is -0.145. The summed E-state index contributed by atoms with van der Waals surface area (Å²) >= 11 is 0. The summed E-state index contributed by atoms with van der Waals surface area (Å²) in [6.45, 7) is 15.9. The van der Waals surface area contributed by atoms with E-state index < -0.39 is 17.7 Å². The van der Waals surface area contributed by atoms with E-state index in [1.54, 1.807) is 0 Å². The van der Waals surface area contributed by atoms with E-state index >= 15 is 0 Å². The van der Waals surface area contributed by atoms with Crippen molar-refractivity contribution in [2.24, 2.45) is 11.8 Å². The summed E-state index contributed by atoms with van der Waals surface area (Å²) in [4.78, 5) is 60.1. The van der Waals surface area contributed by atoms with Crippen LogP contribution in [0.3, 0.4) is 0 Å². The lowest BCUT2D eigenvalue weighted by Crippen LogP contribution is -2.52. The van der Waals surface area contributed by atoms with E-state index in [0.29, 0.717) is 26.2 Å². The quantitative estimate of drug-likeness (QED) is 0.157. The maximum absolute atomic E-state index is 13.7. The number of carbonyl (C=O) groups excluding carboxylic acids is 3. The lowest BCUT2D eigenvalue weighted by Gasteiger charge is -2.42. The highest BCUT2D eigenvalue weighted by Crippen LogP contribution is 2.36. The second-order valence-corrected chi connectivity index (χ2v) is 16.1. The highest BCUT2D eigenvalue weighted by Gasteiger charge is 2.40. The fourth-order valence-electron chi connectivity index (χ4n) is 7.87. The third-order valence-electron chi connectivity index (χ3n) is 11.3. The molecule has 0 spiro atoms. The summed E-state index contributed by atoms with van der Waals surface area (Å²) in [5, 5.41) is 2.75. The molecule has 2 bridgehead atoms. The van der Waals surface area contributed by atoms with Crippen molar-refractivity contribution in [1.82, 2.24) is 35.1 Å². The second kappa shape index (κ2) is 16.8. The number of methoxy groups -OCH3 is 1. The van der Waals surface area contributed by atoms with Gasteiger partial charge in [0.2, 0.25) is 11.8 Å². The fraction of sp³-hybridized carbons (Fsp3) is 0.512. The lowest BCUT2D eigenvalue weighted by atomic mass is 9.91. The SMILES string of the molecule is COC(=O)N[C@H]1CCCCOCc2[nH]c(nc2-c2ccc(-c3ccc(-c4cnc(C(C)(C)N(C(=O)[C@@H](C)C(C)C)C(C)C)[nH]4)cc3)cc2)[C@@H]2CCCN2C1=O. The van der Waals surface area contributed by atoms with E-state index in [4.69, 9.17) is 19.4 Å². The van der Waals surface area contributed by atoms with Crippen molar-refractivity contribution >= 4 is 17.9 Å². The van der Waals surface area contributed by atoms with Crippen molar-refractivity contribution < 1.29 is 23.9 Å². The van der Waals surface area contributed by atoms with Gasteiger partial charge in [-0.2, -0.15) is 0 Å². The average Bonchev–Trinajstić information content (AvgIpc) is 3.95. The minimum atomic E-state index is -0.663. The van der Waals surface area contributed by atoms with Crippen LogP contribution in [0.2, 0.25) is 0 Å². The van der Waals surface area contributed by atoms with Gasteiger partial charge in [-0.25, -0.2) is 14.8 Å². The molecule has 3 N–H and O–H groups in total. The number of hydrogen-bond acceptors (Lipinski definition) is 7. The number of rotatable bonds is 9. The van der Waals surface area contributed by atoms with Crippen molar-refractivity contribution in [3.63, 3.8) is 0 Å². The first-order valence-electron chi connectivity index (χ1n) is 19.7. The molecule has 2 aliphatic heterocycles. The maximum Gasteiger partial charge on any atom is 0.407 e. The molecule has 3 atom stereocenters. The van der Waals surface area contributed by atoms with Gasteiger partial charge in [0.15, 0.2) is 0 Å². The highest BCUT2D eigenvalue weighted by molar-refractivity contribution is 5.86. The normalized spacial score (nSPS) is 18.7. The molecule has 4 aromatic rings. The fourth-order valence-corrected chi connectivity index (χ4v) is 7.87. The number of aromatic nitrogens is 4. The molecular weight excluding hydrogens is 695 g/mol. The Morgan fingerprint density at radius 1 is 0.927 bits per heavy atom. The molecule has 0 unspecified atom stereocenters. The summed E-state index contributed by atoms with van der Waals surface area (Å²) < 4.78 is 10.9. The van der Waals surface area contributed by atoms with Crippen LogP contribution in [-0.2, 0) is 31.2 Å². The molecule has 2 aliphatic rings. The number of benzene rings is 2. The number of aromatic amines is 2. The number of amides is 3. The zero-order chi connectivity index (χ0) is 39.4. The van der Waals surface area contributed by atoms with Crippen LogP contribution < -0.4 is 5.32 Å². The number of imidazole rings is 2. The van der Waals surface area contributed by atoms with Crippen LogP contribution in [0.5, 0.6) is 0 Å². The molecule has 0 saturated carbocycles. The van der Waals surface area contributed by atoms with Crippen molar-refractivity contribution in [3.8, 4) is 33.6 Å². The third-order valence-corrected chi connectivity index (χ3v) is 11.3. The summed E-state index contributed by atoms with van der Waals surface area (Å²) in [6.07, 6.45) is 4.89. The predicted octanol–water partition coefficient (Wildman–Crippen LogP) is 7.99. The first kappa shape index (κ1) is 39.7. The summed E-state index contributed by atoms with van der Waals surface area (Å²) in [6, 6.07) is 15.9. The van der Waals surface area contributed by atoms with E-state index in [0.717, 1.165) is 76.7 Å². The van der Waals surface area contributed by atoms with Gasteiger partial charge in [0.05, 0.1) is 48.6 Å². The number of ether oxygens (including phenoxy) is 2. The Morgan fingerprint density at radius 2 is 1.58 bits per heavy atom. The molecule has 294 valence electrons. The van der Waals surface area contributed by atoms with Crippen molar-refractivity contribution in [3.05, 3.63) is 72.1 Å². The Morgan fingerprint density at radius 3 is 2.22 bits per heavy atom. The van der Waals surface area contributed by atoms with Gasteiger partial charge in [-0.05, 0) is 82.4 Å². The van der Waals surface area contributed by atoms with Crippen LogP contribution in [-0.4, -0.2) is 80.0 Å². The summed E-state index contributed by atoms with van der Waals surface area (Å²) in [7, 11) is 1.31. The predicted molar refractivity (Wildman–Crippen MR) is 213 cm³/mol. The van der Waals surface area contributed by atoms with Crippen molar-refractivity contribution in [2.75, 3.05) is 20.3 Å². The van der Waals surface area contributed by atoms with Crippen LogP contribution in [0, 0.1) is 11.8 Å². The van der Waals surface area contributed by atoms with Crippen LogP contribution in [0.15, 0.2) is 54.7 Å². The number of nitrogens with zero attached hydrogens (tertiary/aromatic N) is 4. The molecule has 0 aliphatic carbocycles. The Labute approximate surface area is 324 Å². The van der Waals surface area contributed by atoms with Gasteiger partial charge in [0, 0.05) is 30.7 Å². The largest absolute Gasteiger partial charge is 0.453 e. The number of fused-ring (bicyclic) bond motifs is 4. The van der Waals surface area contributed by atoms with Gasteiger partial charge in [0.25, 0.3) is 0 Å². The highest BCUT2D eigenvalue weighted by atomic mass is 16.5. The molecule has 12 heteroatoms. The molecule has 2 aromatic heterocycles. The molecule has 3 amide bonds. The van der Waals surface area contributed by atoms with Gasteiger partial charge in [-0.3, -0.25) is 9.59 Å². The van der Waals surface area contributed by atoms with Crippen LogP contribution >= 0.6 is 0 Å². The minimum Gasteiger partial charge on any atom is -0.453 e. The Bertz CT molecular complexity index is 1950. The molecule has 1 saturated heterocycles. The molecule has 6 rings (SSSR count). The minimum absolute atomic E-state index is 0.0155. The summed E-state index contributed by atoms with van der Waals surface area (Å²) in [5.74, 6) is 1.66. The van der Waals surface area contributed by atoms with Gasteiger partial charge in [0.1, 0.15) is 17.7 Å². The van der Waals surface area contributed by atoms with Crippen LogP contribution in [0.1, 0.15) is 104 Å². The topological polar surface area (TPSA) is 146 Å². The van der Waals surface area contributed by atoms with Gasteiger partial charge in [-0.1, -0.05) is 69.3 Å². The summed E-state index contributed by atoms with van der Waals surface area (Å²) in [5.41, 5.74) is 6.08. The average molecular weight is 752 g/mol. The van der Waals surface area contributed by atoms with Gasteiger partial charge >= 0.3 is 6.09 Å². The Hall–Kier alpha value is -4.97. The molecule has 2 aromatic carbocycles. The van der Waals surface area contributed by atoms with E-state index in [2.05, 4.69) is 105 Å². The van der Waals surface area contributed by atoms with E-state index in [1.807, 2.05) is 22.9 Å². The number of hydrogen-bond donors (Lipinski definition) is 3. The van der Waals surface area contributed by atoms with E-state index in [9.17, 15) is 14.4 Å². The van der Waals surface area contributed by atoms with Gasteiger partial charge in [-0.15, -0.1) is 0 Å². The zero-order valence-corrected chi connectivity index (χ0v) is 33.6. The number of carbonyl (C=O) groups is 3. The Balaban J connectivity index is 1.20. The monoisotopic (exact) mass is 751 g/mol. The molecule has 12 nitrogen and oxygen atoms in total. The van der Waals surface area contributed by atoms with E-state index in [1.165, 1.54) is 7.11 Å². The first-order chi connectivity index (χ1) is 26.3. The van der Waals surface area contributed by atoms with Crippen molar-refractivity contribution in [2.45, 2.75) is 111 Å². The number of alkyl carbamates (subject to hydrolysis) is 1. The standard InChI is InChI=1S/C43H57N7O5/c1-26(2)28(5)39(51)50(27(3)4)43(6,7)41-44-24-34(46-41)31-18-14-29(15-19-31)30-16-20-32(21-17-30)37-35-25-55-23-10-9-12-33(47-42(53)54-8)40(52)49-22-11-13-36(49)38(45-35)48-37/h14-21,24,26-28,33,36H,9-13,22-23,25H2,1-8H3,(H,44,46)(H,45,48)(H,47,53)/t28-,33-,36-/m0/s1. The molecule has 55 heavy (non-hydrogen) atoms. The van der Waals surface area contributed by atoms with Crippen LogP contribution in [0.25, 0.3) is 33.6 Å². The van der Waals surface area contributed by atoms with Gasteiger partial charge < -0.3 is 34.6 Å². The first-order valence-corrected chi connectivity index (χ1v) is 19.7. The zero-order valence-electron chi connectivity index (χ0n) is 33.6. The number of H-pyrrole nitrogens is 2.